The van der Waals surface area contributed by atoms with Crippen LogP contribution in [0.25, 0.3) is 0 Å². The van der Waals surface area contributed by atoms with Crippen molar-refractivity contribution in [1.82, 2.24) is 0 Å². The van der Waals surface area contributed by atoms with Crippen molar-refractivity contribution in [2.45, 2.75) is 19.6 Å². The molecule has 0 saturated carbocycles. The Kier molecular flexibility index (Phi) is 4.85. The van der Waals surface area contributed by atoms with E-state index >= 15 is 0 Å². The number of carbonyl (C=O) groups excluding carboxylic acids is 1. The Morgan fingerprint density at radius 1 is 1.10 bits per heavy atom. The van der Waals surface area contributed by atoms with E-state index in [4.69, 9.17) is 0 Å². The number of carbonyl (C=O) groups is 1. The lowest BCUT2D eigenvalue weighted by Gasteiger charge is -2.08. The molecule has 0 aromatic heterocycles. The van der Waals surface area contributed by atoms with E-state index in [-0.39, 0.29) is 5.91 Å². The molecule has 0 bridgehead atoms. The first-order chi connectivity index (χ1) is 9.60. The highest BCUT2D eigenvalue weighted by Crippen LogP contribution is 2.16. The molecule has 2 aromatic rings. The molecule has 2 aromatic carbocycles. The topological polar surface area (TPSA) is 29.1 Å². The van der Waals surface area contributed by atoms with Gasteiger partial charge in [0.05, 0.1) is 0 Å². The lowest BCUT2D eigenvalue weighted by molar-refractivity contribution is 0.102. The predicted molar refractivity (Wildman–Crippen MR) is 87.5 cm³/mol. The van der Waals surface area contributed by atoms with E-state index in [9.17, 15) is 4.79 Å². The average molecular weight is 285 g/mol. The van der Waals surface area contributed by atoms with E-state index in [1.54, 1.807) is 11.8 Å². The summed E-state index contributed by atoms with van der Waals surface area (Å²) in [4.78, 5) is 12.2. The highest BCUT2D eigenvalue weighted by Gasteiger charge is 2.07. The van der Waals surface area contributed by atoms with Crippen LogP contribution in [-0.4, -0.2) is 12.2 Å². The van der Waals surface area contributed by atoms with Crippen LogP contribution in [-0.2, 0) is 5.75 Å². The summed E-state index contributed by atoms with van der Waals surface area (Å²) in [6.07, 6.45) is 2.06. The number of hydrogen-bond donors (Lipinski definition) is 1. The van der Waals surface area contributed by atoms with Crippen LogP contribution in [0, 0.1) is 13.8 Å². The van der Waals surface area contributed by atoms with Gasteiger partial charge < -0.3 is 5.32 Å². The Morgan fingerprint density at radius 2 is 1.90 bits per heavy atom. The first-order valence-corrected chi connectivity index (χ1v) is 7.96. The van der Waals surface area contributed by atoms with Crippen molar-refractivity contribution in [2.75, 3.05) is 11.6 Å². The van der Waals surface area contributed by atoms with Gasteiger partial charge in [0.25, 0.3) is 5.91 Å². The Morgan fingerprint density at radius 3 is 2.60 bits per heavy atom. The normalized spacial score (nSPS) is 10.3. The van der Waals surface area contributed by atoms with Crippen LogP contribution in [0.2, 0.25) is 0 Å². The molecule has 20 heavy (non-hydrogen) atoms. The summed E-state index contributed by atoms with van der Waals surface area (Å²) in [5.41, 5.74) is 5.12. The minimum absolute atomic E-state index is 0.0591. The first kappa shape index (κ1) is 14.7. The molecule has 0 atom stereocenters. The van der Waals surface area contributed by atoms with E-state index in [2.05, 4.69) is 18.5 Å². The van der Waals surface area contributed by atoms with Crippen LogP contribution in [0.4, 0.5) is 5.69 Å². The standard InChI is InChI=1S/C17H19NOS/c1-12-7-8-16(9-13(12)2)18-17(19)15-6-4-5-14(10-15)11-20-3/h4-10H,11H2,1-3H3,(H,18,19). The Hall–Kier alpha value is -1.74. The summed E-state index contributed by atoms with van der Waals surface area (Å²) in [5, 5.41) is 2.95. The maximum absolute atomic E-state index is 12.2. The van der Waals surface area contributed by atoms with Gasteiger partial charge in [-0.15, -0.1) is 0 Å². The molecule has 0 fully saturated rings. The summed E-state index contributed by atoms with van der Waals surface area (Å²) in [6, 6.07) is 13.7. The Labute approximate surface area is 124 Å². The zero-order valence-electron chi connectivity index (χ0n) is 12.1. The second kappa shape index (κ2) is 6.62. The molecule has 104 valence electrons. The van der Waals surface area contributed by atoms with Crippen molar-refractivity contribution in [2.24, 2.45) is 0 Å². The summed E-state index contributed by atoms with van der Waals surface area (Å²) < 4.78 is 0. The van der Waals surface area contributed by atoms with Crippen LogP contribution in [0.15, 0.2) is 42.5 Å². The molecule has 0 unspecified atom stereocenters. The number of rotatable bonds is 4. The van der Waals surface area contributed by atoms with Crippen LogP contribution in [0.5, 0.6) is 0 Å². The Balaban J connectivity index is 2.15. The summed E-state index contributed by atoms with van der Waals surface area (Å²) in [5.74, 6) is 0.862. The molecule has 2 rings (SSSR count). The van der Waals surface area contributed by atoms with Gasteiger partial charge in [-0.2, -0.15) is 11.8 Å². The fourth-order valence-corrected chi connectivity index (χ4v) is 2.50. The number of amides is 1. The molecule has 0 aliphatic heterocycles. The molecule has 0 spiro atoms. The molecule has 1 amide bonds. The highest BCUT2D eigenvalue weighted by atomic mass is 32.2. The van der Waals surface area contributed by atoms with Crippen LogP contribution >= 0.6 is 11.8 Å². The smallest absolute Gasteiger partial charge is 0.255 e. The van der Waals surface area contributed by atoms with Gasteiger partial charge in [-0.3, -0.25) is 4.79 Å². The first-order valence-electron chi connectivity index (χ1n) is 6.56. The monoisotopic (exact) mass is 285 g/mol. The van der Waals surface area contributed by atoms with Crippen LogP contribution in [0.3, 0.4) is 0 Å². The SMILES string of the molecule is CSCc1cccc(C(=O)Nc2ccc(C)c(C)c2)c1. The fourth-order valence-electron chi connectivity index (χ4n) is 1.99. The minimum Gasteiger partial charge on any atom is -0.322 e. The maximum Gasteiger partial charge on any atom is 0.255 e. The third-order valence-electron chi connectivity index (χ3n) is 3.26. The van der Waals surface area contributed by atoms with Gasteiger partial charge in [0.15, 0.2) is 0 Å². The molecule has 0 heterocycles. The maximum atomic E-state index is 12.2. The van der Waals surface area contributed by atoms with Crippen molar-refractivity contribution < 1.29 is 4.79 Å². The summed E-state index contributed by atoms with van der Waals surface area (Å²) >= 11 is 1.75. The lowest BCUT2D eigenvalue weighted by atomic mass is 10.1. The quantitative estimate of drug-likeness (QED) is 0.901. The molecular formula is C17H19NOS. The third kappa shape index (κ3) is 3.64. The van der Waals surface area contributed by atoms with E-state index in [1.807, 2.05) is 49.4 Å². The van der Waals surface area contributed by atoms with Crippen molar-refractivity contribution in [3.8, 4) is 0 Å². The van der Waals surface area contributed by atoms with Gasteiger partial charge in [-0.25, -0.2) is 0 Å². The molecule has 1 N–H and O–H groups in total. The zero-order chi connectivity index (χ0) is 14.5. The van der Waals surface area contributed by atoms with E-state index in [0.29, 0.717) is 5.56 Å². The van der Waals surface area contributed by atoms with Gasteiger partial charge >= 0.3 is 0 Å². The van der Waals surface area contributed by atoms with Crippen molar-refractivity contribution in [3.63, 3.8) is 0 Å². The van der Waals surface area contributed by atoms with Crippen molar-refractivity contribution in [3.05, 3.63) is 64.7 Å². The van der Waals surface area contributed by atoms with Crippen LogP contribution in [0.1, 0.15) is 27.0 Å². The number of hydrogen-bond acceptors (Lipinski definition) is 2. The molecular weight excluding hydrogens is 266 g/mol. The average Bonchev–Trinajstić information content (AvgIpc) is 2.43. The van der Waals surface area contributed by atoms with Crippen LogP contribution < -0.4 is 5.32 Å². The molecule has 0 aliphatic carbocycles. The predicted octanol–water partition coefficient (Wildman–Crippen LogP) is 4.42. The molecule has 0 saturated heterocycles. The summed E-state index contributed by atoms with van der Waals surface area (Å²) in [7, 11) is 0. The second-order valence-electron chi connectivity index (χ2n) is 4.89. The molecule has 2 nitrogen and oxygen atoms in total. The number of nitrogens with one attached hydrogen (secondary N) is 1. The second-order valence-corrected chi connectivity index (χ2v) is 5.75. The molecule has 3 heteroatoms. The fraction of sp³-hybridized carbons (Fsp3) is 0.235. The number of aryl methyl sites for hydroxylation is 2. The zero-order valence-corrected chi connectivity index (χ0v) is 12.9. The van der Waals surface area contributed by atoms with Gasteiger partial charge in [-0.05, 0) is 61.1 Å². The van der Waals surface area contributed by atoms with Gasteiger partial charge in [0, 0.05) is 17.0 Å². The van der Waals surface area contributed by atoms with E-state index < -0.39 is 0 Å². The molecule has 0 radical (unpaired) electrons. The lowest BCUT2D eigenvalue weighted by Crippen LogP contribution is -2.12. The summed E-state index contributed by atoms with van der Waals surface area (Å²) in [6.45, 7) is 4.11. The van der Waals surface area contributed by atoms with E-state index in [1.165, 1.54) is 16.7 Å². The Bertz CT molecular complexity index is 622. The van der Waals surface area contributed by atoms with Gasteiger partial charge in [0.1, 0.15) is 0 Å². The minimum atomic E-state index is -0.0591. The van der Waals surface area contributed by atoms with E-state index in [0.717, 1.165) is 11.4 Å². The highest BCUT2D eigenvalue weighted by molar-refractivity contribution is 7.97. The molecule has 0 aliphatic rings. The van der Waals surface area contributed by atoms with Crippen molar-refractivity contribution >= 4 is 23.4 Å². The number of thioether (sulfide) groups is 1. The van der Waals surface area contributed by atoms with Gasteiger partial charge in [-0.1, -0.05) is 18.2 Å². The number of anilines is 1. The third-order valence-corrected chi connectivity index (χ3v) is 3.89. The largest absolute Gasteiger partial charge is 0.322 e. The van der Waals surface area contributed by atoms with Gasteiger partial charge in [0.2, 0.25) is 0 Å². The van der Waals surface area contributed by atoms with Crippen molar-refractivity contribution in [1.29, 1.82) is 0 Å². The number of benzene rings is 2.